The van der Waals surface area contributed by atoms with Gasteiger partial charge in [-0.2, -0.15) is 0 Å². The van der Waals surface area contributed by atoms with Crippen LogP contribution in [0.15, 0.2) is 40.1 Å². The average Bonchev–Trinajstić information content (AvgIpc) is 2.90. The molecule has 96 valence electrons. The first-order valence-electron chi connectivity index (χ1n) is 5.27. The van der Waals surface area contributed by atoms with Crippen LogP contribution in [-0.2, 0) is 23.1 Å². The van der Waals surface area contributed by atoms with Crippen LogP contribution in [0.3, 0.4) is 0 Å². The lowest BCUT2D eigenvalue weighted by Gasteiger charge is -2.06. The average molecular weight is 283 g/mol. The molecule has 1 aromatic carbocycles. The van der Waals surface area contributed by atoms with Crippen molar-refractivity contribution in [3.8, 4) is 0 Å². The third-order valence-electron chi connectivity index (χ3n) is 2.40. The molecule has 0 radical (unpaired) electrons. The maximum Gasteiger partial charge on any atom is 0.240 e. The summed E-state index contributed by atoms with van der Waals surface area (Å²) in [6.45, 7) is 0.594. The largest absolute Gasteiger partial charge is 0.326 e. The highest BCUT2D eigenvalue weighted by atomic mass is 32.2. The fourth-order valence-electron chi connectivity index (χ4n) is 1.38. The minimum atomic E-state index is -3.49. The van der Waals surface area contributed by atoms with Gasteiger partial charge in [-0.1, -0.05) is 12.1 Å². The lowest BCUT2D eigenvalue weighted by Crippen LogP contribution is -2.23. The molecule has 0 bridgehead atoms. The third kappa shape index (κ3) is 3.14. The minimum Gasteiger partial charge on any atom is -0.326 e. The van der Waals surface area contributed by atoms with Crippen LogP contribution >= 0.6 is 11.3 Å². The number of nitrogens with zero attached hydrogens (tertiary/aromatic N) is 1. The zero-order valence-electron chi connectivity index (χ0n) is 9.54. The van der Waals surface area contributed by atoms with E-state index in [9.17, 15) is 8.42 Å². The van der Waals surface area contributed by atoms with E-state index in [1.807, 2.05) is 0 Å². The van der Waals surface area contributed by atoms with E-state index in [2.05, 4.69) is 9.71 Å². The van der Waals surface area contributed by atoms with Gasteiger partial charge in [0.2, 0.25) is 10.0 Å². The smallest absolute Gasteiger partial charge is 0.240 e. The number of hydrogen-bond acceptors (Lipinski definition) is 5. The summed E-state index contributed by atoms with van der Waals surface area (Å²) in [7, 11) is -3.49. The van der Waals surface area contributed by atoms with Crippen LogP contribution in [0.2, 0.25) is 0 Å². The summed E-state index contributed by atoms with van der Waals surface area (Å²) in [5, 5.41) is 1.81. The van der Waals surface area contributed by atoms with Crippen molar-refractivity contribution in [2.45, 2.75) is 18.0 Å². The van der Waals surface area contributed by atoms with Crippen molar-refractivity contribution >= 4 is 21.4 Å². The molecule has 2 aromatic rings. The van der Waals surface area contributed by atoms with Gasteiger partial charge in [0.05, 0.1) is 22.6 Å². The predicted octanol–water partition coefficient (Wildman–Crippen LogP) is 1.08. The zero-order chi connectivity index (χ0) is 13.0. The van der Waals surface area contributed by atoms with Gasteiger partial charge < -0.3 is 5.73 Å². The fourth-order valence-corrected chi connectivity index (χ4v) is 2.94. The summed E-state index contributed by atoms with van der Waals surface area (Å²) in [5.74, 6) is 0. The second kappa shape index (κ2) is 5.57. The molecular weight excluding hydrogens is 270 g/mol. The number of nitrogens with two attached hydrogens (primary N) is 1. The molecule has 18 heavy (non-hydrogen) atoms. The molecule has 0 aliphatic heterocycles. The number of hydrogen-bond donors (Lipinski definition) is 2. The molecule has 0 aliphatic rings. The van der Waals surface area contributed by atoms with E-state index in [0.717, 1.165) is 5.56 Å². The van der Waals surface area contributed by atoms with Gasteiger partial charge in [-0.15, -0.1) is 11.3 Å². The summed E-state index contributed by atoms with van der Waals surface area (Å²) < 4.78 is 26.4. The molecule has 0 unspecified atom stereocenters. The SMILES string of the molecule is NCc1ccc(S(=O)(=O)NCc2cscn2)cc1. The Bertz CT molecular complexity index is 592. The van der Waals surface area contributed by atoms with E-state index in [1.54, 1.807) is 35.2 Å². The summed E-state index contributed by atoms with van der Waals surface area (Å²) in [6.07, 6.45) is 0. The number of sulfonamides is 1. The third-order valence-corrected chi connectivity index (χ3v) is 4.45. The number of rotatable bonds is 5. The van der Waals surface area contributed by atoms with E-state index in [4.69, 9.17) is 5.73 Å². The highest BCUT2D eigenvalue weighted by Crippen LogP contribution is 2.11. The topological polar surface area (TPSA) is 85.1 Å². The van der Waals surface area contributed by atoms with E-state index in [1.165, 1.54) is 11.3 Å². The highest BCUT2D eigenvalue weighted by Gasteiger charge is 2.13. The van der Waals surface area contributed by atoms with Gasteiger partial charge in [-0.05, 0) is 17.7 Å². The van der Waals surface area contributed by atoms with E-state index < -0.39 is 10.0 Å². The van der Waals surface area contributed by atoms with Crippen LogP contribution < -0.4 is 10.5 Å². The number of aromatic nitrogens is 1. The molecule has 0 atom stereocenters. The molecule has 1 aromatic heterocycles. The van der Waals surface area contributed by atoms with Crippen molar-refractivity contribution in [1.82, 2.24) is 9.71 Å². The fraction of sp³-hybridized carbons (Fsp3) is 0.182. The number of nitrogens with one attached hydrogen (secondary N) is 1. The van der Waals surface area contributed by atoms with Crippen molar-refractivity contribution in [1.29, 1.82) is 0 Å². The quantitative estimate of drug-likeness (QED) is 0.860. The summed E-state index contributed by atoms with van der Waals surface area (Å²) in [5.41, 5.74) is 8.73. The molecule has 3 N–H and O–H groups in total. The first kappa shape index (κ1) is 13.2. The monoisotopic (exact) mass is 283 g/mol. The second-order valence-corrected chi connectivity index (χ2v) is 6.14. The van der Waals surface area contributed by atoms with Crippen LogP contribution in [0.25, 0.3) is 0 Å². The molecule has 7 heteroatoms. The molecule has 0 amide bonds. The van der Waals surface area contributed by atoms with E-state index >= 15 is 0 Å². The molecule has 0 saturated heterocycles. The minimum absolute atomic E-state index is 0.199. The Labute approximate surface area is 110 Å². The van der Waals surface area contributed by atoms with Gasteiger partial charge in [0, 0.05) is 11.9 Å². The maximum atomic E-state index is 12.0. The van der Waals surface area contributed by atoms with Gasteiger partial charge >= 0.3 is 0 Å². The summed E-state index contributed by atoms with van der Waals surface area (Å²) >= 11 is 1.43. The first-order valence-corrected chi connectivity index (χ1v) is 7.70. The van der Waals surface area contributed by atoms with Crippen LogP contribution in [0.4, 0.5) is 0 Å². The zero-order valence-corrected chi connectivity index (χ0v) is 11.2. The first-order chi connectivity index (χ1) is 8.62. The van der Waals surface area contributed by atoms with Crippen LogP contribution in [-0.4, -0.2) is 13.4 Å². The van der Waals surface area contributed by atoms with Crippen LogP contribution in [0, 0.1) is 0 Å². The predicted molar refractivity (Wildman–Crippen MR) is 70.5 cm³/mol. The van der Waals surface area contributed by atoms with Crippen molar-refractivity contribution in [3.63, 3.8) is 0 Å². The molecule has 2 rings (SSSR count). The highest BCUT2D eigenvalue weighted by molar-refractivity contribution is 7.89. The lowest BCUT2D eigenvalue weighted by molar-refractivity contribution is 0.580. The van der Waals surface area contributed by atoms with Crippen molar-refractivity contribution in [2.75, 3.05) is 0 Å². The van der Waals surface area contributed by atoms with Gasteiger partial charge in [0.15, 0.2) is 0 Å². The van der Waals surface area contributed by atoms with Crippen molar-refractivity contribution < 1.29 is 8.42 Å². The molecular formula is C11H13N3O2S2. The van der Waals surface area contributed by atoms with E-state index in [-0.39, 0.29) is 11.4 Å². The van der Waals surface area contributed by atoms with Crippen LogP contribution in [0.1, 0.15) is 11.3 Å². The normalized spacial score (nSPS) is 11.6. The lowest BCUT2D eigenvalue weighted by atomic mass is 10.2. The van der Waals surface area contributed by atoms with Gasteiger partial charge in [0.1, 0.15) is 0 Å². The molecule has 0 spiro atoms. The Balaban J connectivity index is 2.09. The Kier molecular flexibility index (Phi) is 4.07. The Morgan fingerprint density at radius 1 is 1.28 bits per heavy atom. The molecule has 0 aliphatic carbocycles. The van der Waals surface area contributed by atoms with Crippen molar-refractivity contribution in [2.24, 2.45) is 5.73 Å². The molecule has 0 saturated carbocycles. The van der Waals surface area contributed by atoms with Crippen molar-refractivity contribution in [3.05, 3.63) is 46.4 Å². The molecule has 0 fully saturated rings. The van der Waals surface area contributed by atoms with Gasteiger partial charge in [-0.25, -0.2) is 18.1 Å². The summed E-state index contributed by atoms with van der Waals surface area (Å²) in [6, 6.07) is 6.51. The van der Waals surface area contributed by atoms with E-state index in [0.29, 0.717) is 12.2 Å². The Morgan fingerprint density at radius 2 is 2.00 bits per heavy atom. The van der Waals surface area contributed by atoms with Gasteiger partial charge in [0.25, 0.3) is 0 Å². The Morgan fingerprint density at radius 3 is 2.56 bits per heavy atom. The van der Waals surface area contributed by atoms with Gasteiger partial charge in [-0.3, -0.25) is 0 Å². The second-order valence-electron chi connectivity index (χ2n) is 3.65. The maximum absolute atomic E-state index is 12.0. The molecule has 5 nitrogen and oxygen atoms in total. The number of thiazole rings is 1. The van der Waals surface area contributed by atoms with Crippen LogP contribution in [0.5, 0.6) is 0 Å². The summed E-state index contributed by atoms with van der Waals surface area (Å²) in [4.78, 5) is 4.25. The standard InChI is InChI=1S/C11H13N3O2S2/c12-5-9-1-3-11(4-2-9)18(15,16)14-6-10-7-17-8-13-10/h1-4,7-8,14H,5-6,12H2. The number of benzene rings is 1. The Hall–Kier alpha value is -1.28. The molecule has 1 heterocycles.